The maximum Gasteiger partial charge on any atom is 0.242 e. The average molecular weight is 254 g/mol. The van der Waals surface area contributed by atoms with E-state index in [0.717, 1.165) is 0 Å². The Morgan fingerprint density at radius 2 is 2.00 bits per heavy atom. The topological polar surface area (TPSA) is 84.5 Å². The van der Waals surface area contributed by atoms with Gasteiger partial charge in [-0.05, 0) is 27.7 Å². The maximum atomic E-state index is 9.10. The molecule has 0 radical (unpaired) electrons. The highest BCUT2D eigenvalue weighted by atomic mass is 16.5. The van der Waals surface area contributed by atoms with Gasteiger partial charge in [0.1, 0.15) is 12.0 Å². The number of ether oxygens (including phenoxy) is 1. The normalized spacial score (nSPS) is 11.1. The molecule has 102 valence electrons. The van der Waals surface area contributed by atoms with Gasteiger partial charge in [-0.25, -0.2) is 4.98 Å². The van der Waals surface area contributed by atoms with Crippen LogP contribution in [0.3, 0.4) is 0 Å². The molecule has 6 nitrogen and oxygen atoms in total. The molecule has 1 aromatic heterocycles. The van der Waals surface area contributed by atoms with Crippen LogP contribution in [0.2, 0.25) is 0 Å². The van der Waals surface area contributed by atoms with E-state index < -0.39 is 0 Å². The van der Waals surface area contributed by atoms with Gasteiger partial charge in [0, 0.05) is 12.6 Å². The quantitative estimate of drug-likeness (QED) is 0.789. The van der Waals surface area contributed by atoms with E-state index in [1.54, 1.807) is 0 Å². The highest BCUT2D eigenvalue weighted by Gasteiger charge is 2.18. The van der Waals surface area contributed by atoms with Crippen LogP contribution in [-0.4, -0.2) is 40.4 Å². The van der Waals surface area contributed by atoms with Crippen LogP contribution in [0.4, 0.5) is 11.5 Å². The predicted octanol–water partition coefficient (Wildman–Crippen LogP) is 1.05. The van der Waals surface area contributed by atoms with Crippen molar-refractivity contribution >= 4 is 11.5 Å². The Labute approximate surface area is 108 Å². The lowest BCUT2D eigenvalue weighted by Crippen LogP contribution is -2.35. The van der Waals surface area contributed by atoms with Gasteiger partial charge < -0.3 is 20.5 Å². The van der Waals surface area contributed by atoms with Crippen molar-refractivity contribution in [3.63, 3.8) is 0 Å². The largest absolute Gasteiger partial charge is 0.473 e. The fourth-order valence-corrected chi connectivity index (χ4v) is 1.63. The standard InChI is InChI=1S/C12H22N4O2/c1-8(2)16(5-6-17)11-10(13)12(15-7-14-11)18-9(3)4/h7-9,17H,5-6,13H2,1-4H3. The van der Waals surface area contributed by atoms with Gasteiger partial charge in [0.05, 0.1) is 12.7 Å². The van der Waals surface area contributed by atoms with Gasteiger partial charge in [-0.3, -0.25) is 0 Å². The molecule has 1 aromatic rings. The lowest BCUT2D eigenvalue weighted by atomic mass is 10.3. The summed E-state index contributed by atoms with van der Waals surface area (Å²) >= 11 is 0. The second-order valence-electron chi connectivity index (χ2n) is 4.59. The van der Waals surface area contributed by atoms with Crippen LogP contribution in [0.5, 0.6) is 5.88 Å². The Morgan fingerprint density at radius 3 is 2.50 bits per heavy atom. The van der Waals surface area contributed by atoms with Crippen molar-refractivity contribution in [2.45, 2.75) is 39.8 Å². The van der Waals surface area contributed by atoms with Crippen LogP contribution in [-0.2, 0) is 0 Å². The van der Waals surface area contributed by atoms with Gasteiger partial charge >= 0.3 is 0 Å². The molecule has 0 aliphatic heterocycles. The van der Waals surface area contributed by atoms with Gasteiger partial charge in [-0.1, -0.05) is 0 Å². The van der Waals surface area contributed by atoms with Crippen molar-refractivity contribution in [1.82, 2.24) is 9.97 Å². The van der Waals surface area contributed by atoms with Crippen LogP contribution in [0.15, 0.2) is 6.33 Å². The summed E-state index contributed by atoms with van der Waals surface area (Å²) in [5, 5.41) is 9.10. The molecule has 18 heavy (non-hydrogen) atoms. The van der Waals surface area contributed by atoms with Gasteiger partial charge in [0.2, 0.25) is 5.88 Å². The van der Waals surface area contributed by atoms with Crippen molar-refractivity contribution in [3.05, 3.63) is 6.33 Å². The zero-order valence-corrected chi connectivity index (χ0v) is 11.4. The highest BCUT2D eigenvalue weighted by molar-refractivity contribution is 5.68. The van der Waals surface area contributed by atoms with Gasteiger partial charge in [0.25, 0.3) is 0 Å². The van der Waals surface area contributed by atoms with E-state index >= 15 is 0 Å². The van der Waals surface area contributed by atoms with E-state index in [-0.39, 0.29) is 18.8 Å². The third-order valence-electron chi connectivity index (χ3n) is 2.41. The molecule has 0 spiro atoms. The highest BCUT2D eigenvalue weighted by Crippen LogP contribution is 2.29. The Hall–Kier alpha value is -1.56. The SMILES string of the molecule is CC(C)Oc1ncnc(N(CCO)C(C)C)c1N. The number of nitrogens with zero attached hydrogens (tertiary/aromatic N) is 3. The second kappa shape index (κ2) is 6.39. The molecular weight excluding hydrogens is 232 g/mol. The molecule has 0 amide bonds. The van der Waals surface area contributed by atoms with E-state index in [0.29, 0.717) is 23.9 Å². The summed E-state index contributed by atoms with van der Waals surface area (Å²) in [5.74, 6) is 0.989. The zero-order chi connectivity index (χ0) is 13.7. The van der Waals surface area contributed by atoms with Crippen LogP contribution in [0, 0.1) is 0 Å². The van der Waals surface area contributed by atoms with Gasteiger partial charge in [0.15, 0.2) is 5.82 Å². The molecule has 0 aliphatic rings. The molecule has 0 saturated heterocycles. The minimum absolute atomic E-state index is 0.000363. The van der Waals surface area contributed by atoms with Crippen molar-refractivity contribution in [2.75, 3.05) is 23.8 Å². The first kappa shape index (κ1) is 14.5. The summed E-state index contributed by atoms with van der Waals surface area (Å²) in [5.41, 5.74) is 6.44. The number of nitrogen functional groups attached to an aromatic ring is 1. The van der Waals surface area contributed by atoms with E-state index in [1.807, 2.05) is 32.6 Å². The van der Waals surface area contributed by atoms with Crippen LogP contribution in [0.25, 0.3) is 0 Å². The van der Waals surface area contributed by atoms with E-state index in [9.17, 15) is 0 Å². The molecule has 0 saturated carbocycles. The van der Waals surface area contributed by atoms with Crippen LogP contribution >= 0.6 is 0 Å². The summed E-state index contributed by atoms with van der Waals surface area (Å²) < 4.78 is 5.53. The Balaban J connectivity index is 3.07. The Bertz CT molecular complexity index is 382. The fraction of sp³-hybridized carbons (Fsp3) is 0.667. The first-order valence-electron chi connectivity index (χ1n) is 6.12. The molecule has 0 bridgehead atoms. The maximum absolute atomic E-state index is 9.10. The van der Waals surface area contributed by atoms with E-state index in [4.69, 9.17) is 15.6 Å². The third kappa shape index (κ3) is 3.46. The third-order valence-corrected chi connectivity index (χ3v) is 2.41. The molecule has 1 rings (SSSR count). The number of rotatable bonds is 6. The molecular formula is C12H22N4O2. The molecule has 0 atom stereocenters. The average Bonchev–Trinajstić information content (AvgIpc) is 2.28. The monoisotopic (exact) mass is 254 g/mol. The fourth-order valence-electron chi connectivity index (χ4n) is 1.63. The lowest BCUT2D eigenvalue weighted by molar-refractivity contribution is 0.233. The summed E-state index contributed by atoms with van der Waals surface area (Å²) in [6, 6.07) is 0.182. The van der Waals surface area contributed by atoms with Crippen molar-refractivity contribution in [3.8, 4) is 5.88 Å². The van der Waals surface area contributed by atoms with E-state index in [1.165, 1.54) is 6.33 Å². The number of hydrogen-bond acceptors (Lipinski definition) is 6. The molecule has 1 heterocycles. The summed E-state index contributed by atoms with van der Waals surface area (Å²) in [6.07, 6.45) is 1.43. The number of aromatic nitrogens is 2. The van der Waals surface area contributed by atoms with Crippen molar-refractivity contribution in [2.24, 2.45) is 0 Å². The summed E-state index contributed by atoms with van der Waals surface area (Å²) in [6.45, 7) is 8.37. The smallest absolute Gasteiger partial charge is 0.242 e. The first-order valence-corrected chi connectivity index (χ1v) is 6.12. The molecule has 0 aromatic carbocycles. The number of aliphatic hydroxyl groups is 1. The summed E-state index contributed by atoms with van der Waals surface area (Å²) in [7, 11) is 0. The molecule has 6 heteroatoms. The summed E-state index contributed by atoms with van der Waals surface area (Å²) in [4.78, 5) is 10.1. The first-order chi connectivity index (χ1) is 8.47. The van der Waals surface area contributed by atoms with Crippen LogP contribution < -0.4 is 15.4 Å². The number of anilines is 2. The Kier molecular flexibility index (Phi) is 5.15. The lowest BCUT2D eigenvalue weighted by Gasteiger charge is -2.28. The molecule has 0 unspecified atom stereocenters. The Morgan fingerprint density at radius 1 is 1.33 bits per heavy atom. The van der Waals surface area contributed by atoms with Gasteiger partial charge in [-0.15, -0.1) is 0 Å². The zero-order valence-electron chi connectivity index (χ0n) is 11.4. The van der Waals surface area contributed by atoms with Gasteiger partial charge in [-0.2, -0.15) is 4.98 Å². The van der Waals surface area contributed by atoms with Crippen molar-refractivity contribution in [1.29, 1.82) is 0 Å². The molecule has 3 N–H and O–H groups in total. The van der Waals surface area contributed by atoms with E-state index in [2.05, 4.69) is 9.97 Å². The number of hydrogen-bond donors (Lipinski definition) is 2. The predicted molar refractivity (Wildman–Crippen MR) is 71.8 cm³/mol. The minimum atomic E-state index is 0.000363. The molecule has 0 fully saturated rings. The number of nitrogens with two attached hydrogens (primary N) is 1. The van der Waals surface area contributed by atoms with Crippen LogP contribution in [0.1, 0.15) is 27.7 Å². The van der Waals surface area contributed by atoms with Crippen molar-refractivity contribution < 1.29 is 9.84 Å². The molecule has 0 aliphatic carbocycles. The number of aliphatic hydroxyl groups excluding tert-OH is 1. The minimum Gasteiger partial charge on any atom is -0.473 e. The second-order valence-corrected chi connectivity index (χ2v) is 4.59.